The maximum absolute atomic E-state index is 11.5. The largest absolute Gasteiger partial charge is 0.494 e. The minimum atomic E-state index is -0.749. The van der Waals surface area contributed by atoms with Gasteiger partial charge in [-0.1, -0.05) is 46.1 Å². The van der Waals surface area contributed by atoms with Gasteiger partial charge in [0, 0.05) is 18.3 Å². The lowest BCUT2D eigenvalue weighted by molar-refractivity contribution is -0.137. The predicted molar refractivity (Wildman–Crippen MR) is 142 cm³/mol. The smallest absolute Gasteiger partial charge is 0.303 e. The molecular formula is C29H42N2O3. The zero-order chi connectivity index (χ0) is 24.5. The number of carboxylic acid groups (broad SMARTS) is 1. The zero-order valence-corrected chi connectivity index (χ0v) is 21.3. The molecule has 34 heavy (non-hydrogen) atoms. The summed E-state index contributed by atoms with van der Waals surface area (Å²) in [7, 11) is 0. The summed E-state index contributed by atoms with van der Waals surface area (Å²) in [5.41, 5.74) is 4.34. The molecule has 186 valence electrons. The summed E-state index contributed by atoms with van der Waals surface area (Å²) in [5, 5.41) is 13.1. The number of carbonyl (C=O) groups is 1. The molecule has 1 atom stereocenters. The third-order valence-electron chi connectivity index (χ3n) is 6.74. The average Bonchev–Trinajstić information content (AvgIpc) is 2.83. The predicted octanol–water partition coefficient (Wildman–Crippen LogP) is 7.59. The normalized spacial score (nSPS) is 15.2. The highest BCUT2D eigenvalue weighted by Gasteiger charge is 2.25. The number of nitrogens with zero attached hydrogens (tertiary/aromatic N) is 1. The van der Waals surface area contributed by atoms with Crippen LogP contribution in [0.2, 0.25) is 0 Å². The van der Waals surface area contributed by atoms with Gasteiger partial charge in [0.15, 0.2) is 0 Å². The first-order valence-electron chi connectivity index (χ1n) is 13.0. The molecule has 0 radical (unpaired) electrons. The topological polar surface area (TPSA) is 61.8 Å². The van der Waals surface area contributed by atoms with Crippen LogP contribution in [0.1, 0.15) is 84.1 Å². The first kappa shape index (κ1) is 25.9. The average molecular weight is 467 g/mol. The molecule has 0 spiro atoms. The fraction of sp³-hybridized carbons (Fsp3) is 0.552. The number of hydrogen-bond acceptors (Lipinski definition) is 4. The molecule has 2 aromatic rings. The minimum Gasteiger partial charge on any atom is -0.494 e. The number of hydrogen-bond donors (Lipinski definition) is 2. The quantitative estimate of drug-likeness (QED) is 0.337. The summed E-state index contributed by atoms with van der Waals surface area (Å²) in [6.45, 7) is 10.3. The first-order valence-corrected chi connectivity index (χ1v) is 13.0. The summed E-state index contributed by atoms with van der Waals surface area (Å²) in [5.74, 6) is 0.662. The van der Waals surface area contributed by atoms with Crippen molar-refractivity contribution in [2.75, 3.05) is 23.4 Å². The van der Waals surface area contributed by atoms with Gasteiger partial charge in [0.1, 0.15) is 5.75 Å². The fourth-order valence-electron chi connectivity index (χ4n) is 5.05. The van der Waals surface area contributed by atoms with Crippen molar-refractivity contribution < 1.29 is 14.6 Å². The summed E-state index contributed by atoms with van der Waals surface area (Å²) < 4.78 is 5.61. The van der Waals surface area contributed by atoms with Crippen LogP contribution in [0.15, 0.2) is 42.5 Å². The molecule has 5 nitrogen and oxygen atoms in total. The van der Waals surface area contributed by atoms with Crippen molar-refractivity contribution in [2.24, 2.45) is 5.92 Å². The molecule has 3 rings (SSSR count). The van der Waals surface area contributed by atoms with Gasteiger partial charge in [0.2, 0.25) is 0 Å². The van der Waals surface area contributed by atoms with Gasteiger partial charge < -0.3 is 20.1 Å². The second-order valence-corrected chi connectivity index (χ2v) is 9.90. The van der Waals surface area contributed by atoms with Crippen molar-refractivity contribution in [1.82, 2.24) is 0 Å². The maximum Gasteiger partial charge on any atom is 0.303 e. The minimum absolute atomic E-state index is 0.000611. The van der Waals surface area contributed by atoms with Crippen molar-refractivity contribution in [3.05, 3.63) is 48.0 Å². The first-order chi connectivity index (χ1) is 16.4. The molecule has 0 heterocycles. The lowest BCUT2D eigenvalue weighted by Crippen LogP contribution is -2.39. The van der Waals surface area contributed by atoms with Crippen LogP contribution in [0.5, 0.6) is 5.75 Å². The summed E-state index contributed by atoms with van der Waals surface area (Å²) in [6, 6.07) is 15.2. The third-order valence-corrected chi connectivity index (χ3v) is 6.74. The van der Waals surface area contributed by atoms with Crippen molar-refractivity contribution in [3.63, 3.8) is 0 Å². The Morgan fingerprint density at radius 1 is 1.09 bits per heavy atom. The van der Waals surface area contributed by atoms with Crippen LogP contribution < -0.4 is 15.0 Å². The molecule has 0 aliphatic heterocycles. The summed E-state index contributed by atoms with van der Waals surface area (Å²) >= 11 is 0. The van der Waals surface area contributed by atoms with Crippen LogP contribution in [0.4, 0.5) is 17.1 Å². The number of ether oxygens (including phenoxy) is 1. The van der Waals surface area contributed by atoms with Crippen molar-refractivity contribution in [1.29, 1.82) is 0 Å². The lowest BCUT2D eigenvalue weighted by atomic mass is 9.90. The Morgan fingerprint density at radius 2 is 1.79 bits per heavy atom. The third kappa shape index (κ3) is 7.15. The highest BCUT2D eigenvalue weighted by Crippen LogP contribution is 2.38. The molecule has 2 N–H and O–H groups in total. The Hall–Kier alpha value is -2.69. The molecule has 1 fully saturated rings. The van der Waals surface area contributed by atoms with E-state index in [0.29, 0.717) is 18.6 Å². The van der Waals surface area contributed by atoms with Gasteiger partial charge in [0.25, 0.3) is 0 Å². The zero-order valence-electron chi connectivity index (χ0n) is 21.3. The molecule has 5 heteroatoms. The van der Waals surface area contributed by atoms with E-state index in [2.05, 4.69) is 49.2 Å². The number of carboxylic acids is 1. The van der Waals surface area contributed by atoms with Gasteiger partial charge in [-0.25, -0.2) is 0 Å². The molecule has 1 aliphatic rings. The van der Waals surface area contributed by atoms with E-state index in [0.717, 1.165) is 35.7 Å². The number of nitrogens with one attached hydrogen (secondary N) is 1. The molecule has 1 saturated carbocycles. The van der Waals surface area contributed by atoms with E-state index in [1.165, 1.54) is 37.8 Å². The molecule has 0 saturated heterocycles. The van der Waals surface area contributed by atoms with Gasteiger partial charge in [-0.2, -0.15) is 0 Å². The van der Waals surface area contributed by atoms with Crippen LogP contribution >= 0.6 is 0 Å². The number of rotatable bonds is 12. The molecule has 0 aromatic heterocycles. The Balaban J connectivity index is 2.00. The summed E-state index contributed by atoms with van der Waals surface area (Å²) in [6.07, 6.45) is 7.31. The number of benzene rings is 2. The second-order valence-electron chi connectivity index (χ2n) is 9.90. The van der Waals surface area contributed by atoms with Crippen LogP contribution in [0.25, 0.3) is 0 Å². The molecule has 0 amide bonds. The highest BCUT2D eigenvalue weighted by atomic mass is 16.5. The molecular weight excluding hydrogens is 424 g/mol. The van der Waals surface area contributed by atoms with Crippen molar-refractivity contribution in [2.45, 2.75) is 84.6 Å². The van der Waals surface area contributed by atoms with Crippen LogP contribution in [-0.4, -0.2) is 30.3 Å². The Kier molecular flexibility index (Phi) is 9.67. The fourth-order valence-corrected chi connectivity index (χ4v) is 5.05. The monoisotopic (exact) mass is 466 g/mol. The van der Waals surface area contributed by atoms with Crippen molar-refractivity contribution in [3.8, 4) is 5.75 Å². The van der Waals surface area contributed by atoms with Crippen LogP contribution in [-0.2, 0) is 4.79 Å². The molecule has 1 aliphatic carbocycles. The van der Waals surface area contributed by atoms with Gasteiger partial charge >= 0.3 is 5.97 Å². The Morgan fingerprint density at radius 3 is 2.38 bits per heavy atom. The Bertz CT molecular complexity index is 904. The van der Waals surface area contributed by atoms with E-state index in [1.54, 1.807) is 0 Å². The second kappa shape index (κ2) is 12.7. The highest BCUT2D eigenvalue weighted by molar-refractivity contribution is 5.77. The van der Waals surface area contributed by atoms with Crippen LogP contribution in [0.3, 0.4) is 0 Å². The van der Waals surface area contributed by atoms with Crippen molar-refractivity contribution >= 4 is 23.0 Å². The number of aliphatic carboxylic acids is 1. The van der Waals surface area contributed by atoms with E-state index >= 15 is 0 Å². The van der Waals surface area contributed by atoms with Gasteiger partial charge in [-0.15, -0.1) is 0 Å². The molecule has 1 unspecified atom stereocenters. The van der Waals surface area contributed by atoms with E-state index in [1.807, 2.05) is 31.2 Å². The maximum atomic E-state index is 11.5. The Labute approximate surface area is 205 Å². The van der Waals surface area contributed by atoms with E-state index < -0.39 is 5.97 Å². The number of anilines is 3. The molecule has 0 bridgehead atoms. The van der Waals surface area contributed by atoms with Crippen LogP contribution in [0, 0.1) is 5.92 Å². The SMILES string of the molecule is CCOc1ccc(Nc2cc(C(CC)CC(=O)O)ccc2N(CC(C)C)C2CCCCC2)cc1. The lowest BCUT2D eigenvalue weighted by Gasteiger charge is -2.38. The van der Waals surface area contributed by atoms with Gasteiger partial charge in [-0.05, 0) is 80.0 Å². The van der Waals surface area contributed by atoms with Gasteiger partial charge in [-0.3, -0.25) is 4.79 Å². The van der Waals surface area contributed by atoms with E-state index in [-0.39, 0.29) is 12.3 Å². The molecule has 2 aromatic carbocycles. The van der Waals surface area contributed by atoms with E-state index in [9.17, 15) is 9.90 Å². The summed E-state index contributed by atoms with van der Waals surface area (Å²) in [4.78, 5) is 14.1. The standard InChI is InChI=1S/C29H42N2O3/c1-5-22(19-29(32)33)23-12-17-28(31(20-21(3)4)25-10-8-7-9-11-25)27(18-23)30-24-13-15-26(16-14-24)34-6-2/h12-18,21-22,25,30H,5-11,19-20H2,1-4H3,(H,32,33). The van der Waals surface area contributed by atoms with E-state index in [4.69, 9.17) is 4.74 Å². The van der Waals surface area contributed by atoms with Gasteiger partial charge in [0.05, 0.1) is 24.4 Å².